The van der Waals surface area contributed by atoms with Gasteiger partial charge in [-0.15, -0.1) is 0 Å². The molecule has 1 N–H and O–H groups in total. The van der Waals surface area contributed by atoms with Crippen molar-refractivity contribution < 1.29 is 4.42 Å². The van der Waals surface area contributed by atoms with Gasteiger partial charge < -0.3 is 9.73 Å². The molecule has 6 heteroatoms. The number of aromatic nitrogens is 1. The summed E-state index contributed by atoms with van der Waals surface area (Å²) in [5.74, 6) is 0.649. The maximum Gasteiger partial charge on any atom is 0.299 e. The van der Waals surface area contributed by atoms with Gasteiger partial charge in [0.2, 0.25) is 0 Å². The zero-order valence-electron chi connectivity index (χ0n) is 11.9. The summed E-state index contributed by atoms with van der Waals surface area (Å²) in [6.45, 7) is 0. The number of oxazole rings is 1. The van der Waals surface area contributed by atoms with Gasteiger partial charge in [-0.2, -0.15) is 5.26 Å². The van der Waals surface area contributed by atoms with Crippen LogP contribution < -0.4 is 5.32 Å². The van der Waals surface area contributed by atoms with Crippen LogP contribution in [0.25, 0.3) is 0 Å². The maximum absolute atomic E-state index is 8.78. The Balaban J connectivity index is 1.74. The number of rotatable bonds is 4. The van der Waals surface area contributed by atoms with E-state index in [1.807, 2.05) is 0 Å². The minimum atomic E-state index is 0.368. The highest BCUT2D eigenvalue weighted by atomic mass is 35.5. The Morgan fingerprint density at radius 2 is 1.78 bits per heavy atom. The van der Waals surface area contributed by atoms with Crippen molar-refractivity contribution in [1.82, 2.24) is 4.98 Å². The molecular weight excluding hydrogens is 333 g/mol. The Hall–Kier alpha value is -2.48. The largest absolute Gasteiger partial charge is 0.428 e. The number of halogens is 2. The number of hydrogen-bond acceptors (Lipinski definition) is 4. The summed E-state index contributed by atoms with van der Waals surface area (Å²) < 4.78 is 5.65. The van der Waals surface area contributed by atoms with E-state index < -0.39 is 0 Å². The molecule has 1 aromatic heterocycles. The molecule has 0 radical (unpaired) electrons. The van der Waals surface area contributed by atoms with Crippen LogP contribution in [0.5, 0.6) is 0 Å². The number of nitrogens with zero attached hydrogens (tertiary/aromatic N) is 2. The lowest BCUT2D eigenvalue weighted by atomic mass is 10.1. The Kier molecular flexibility index (Phi) is 4.52. The summed E-state index contributed by atoms with van der Waals surface area (Å²) in [5, 5.41) is 13.0. The highest BCUT2D eigenvalue weighted by Gasteiger charge is 2.10. The number of benzene rings is 2. The molecule has 0 aliphatic rings. The fourth-order valence-electron chi connectivity index (χ4n) is 2.07. The van der Waals surface area contributed by atoms with Crippen LogP contribution >= 0.6 is 23.2 Å². The van der Waals surface area contributed by atoms with Crippen LogP contribution in [0, 0.1) is 11.3 Å². The van der Waals surface area contributed by atoms with Crippen molar-refractivity contribution in [2.75, 3.05) is 5.32 Å². The summed E-state index contributed by atoms with van der Waals surface area (Å²) in [7, 11) is 0. The Bertz CT molecular complexity index is 846. The molecule has 3 rings (SSSR count). The van der Waals surface area contributed by atoms with Crippen molar-refractivity contribution in [1.29, 1.82) is 5.26 Å². The van der Waals surface area contributed by atoms with E-state index in [9.17, 15) is 0 Å². The second-order valence-electron chi connectivity index (χ2n) is 4.82. The second kappa shape index (κ2) is 6.74. The van der Waals surface area contributed by atoms with Gasteiger partial charge in [-0.3, -0.25) is 0 Å². The quantitative estimate of drug-likeness (QED) is 0.708. The average molecular weight is 344 g/mol. The van der Waals surface area contributed by atoms with E-state index in [2.05, 4.69) is 16.4 Å². The number of anilines is 2. The third kappa shape index (κ3) is 3.65. The van der Waals surface area contributed by atoms with Crippen LogP contribution in [-0.2, 0) is 6.42 Å². The molecule has 4 nitrogen and oxygen atoms in total. The molecule has 0 aliphatic carbocycles. The predicted octanol–water partition coefficient (Wildman–Crippen LogP) is 5.19. The zero-order chi connectivity index (χ0) is 16.2. The summed E-state index contributed by atoms with van der Waals surface area (Å²) >= 11 is 12.3. The van der Waals surface area contributed by atoms with Crippen LogP contribution in [0.15, 0.2) is 53.1 Å². The molecule has 0 atom stereocenters. The van der Waals surface area contributed by atoms with Crippen molar-refractivity contribution in [3.05, 3.63) is 75.6 Å². The van der Waals surface area contributed by atoms with Gasteiger partial charge in [0.25, 0.3) is 6.01 Å². The SMILES string of the molecule is N#Cc1ccc(Nc2ncc(Cc3c(Cl)cccc3Cl)o2)cc1. The first-order valence-electron chi connectivity index (χ1n) is 6.80. The minimum Gasteiger partial charge on any atom is -0.428 e. The van der Waals surface area contributed by atoms with Crippen molar-refractivity contribution in [3.63, 3.8) is 0 Å². The second-order valence-corrected chi connectivity index (χ2v) is 5.64. The first-order chi connectivity index (χ1) is 11.2. The van der Waals surface area contributed by atoms with E-state index in [1.54, 1.807) is 48.7 Å². The van der Waals surface area contributed by atoms with Crippen molar-refractivity contribution >= 4 is 34.9 Å². The summed E-state index contributed by atoms with van der Waals surface area (Å²) in [5.41, 5.74) is 2.18. The minimum absolute atomic E-state index is 0.368. The summed E-state index contributed by atoms with van der Waals surface area (Å²) in [6, 6.07) is 14.8. The highest BCUT2D eigenvalue weighted by molar-refractivity contribution is 6.36. The average Bonchev–Trinajstić information content (AvgIpc) is 2.99. The molecule has 0 spiro atoms. The first kappa shape index (κ1) is 15.4. The highest BCUT2D eigenvalue weighted by Crippen LogP contribution is 2.28. The number of nitrogens with one attached hydrogen (secondary N) is 1. The van der Waals surface area contributed by atoms with E-state index in [-0.39, 0.29) is 0 Å². The molecular formula is C17H11Cl2N3O. The van der Waals surface area contributed by atoms with Gasteiger partial charge in [-0.25, -0.2) is 4.98 Å². The fourth-order valence-corrected chi connectivity index (χ4v) is 2.61. The van der Waals surface area contributed by atoms with Gasteiger partial charge in [0.1, 0.15) is 5.76 Å². The van der Waals surface area contributed by atoms with Crippen LogP contribution in [0.3, 0.4) is 0 Å². The van der Waals surface area contributed by atoms with E-state index in [1.165, 1.54) is 0 Å². The third-order valence-electron chi connectivity index (χ3n) is 3.23. The predicted molar refractivity (Wildman–Crippen MR) is 90.2 cm³/mol. The van der Waals surface area contributed by atoms with Crippen LogP contribution in [-0.4, -0.2) is 4.98 Å². The van der Waals surface area contributed by atoms with Crippen molar-refractivity contribution in [2.24, 2.45) is 0 Å². The van der Waals surface area contributed by atoms with Gasteiger partial charge in [-0.1, -0.05) is 29.3 Å². The third-order valence-corrected chi connectivity index (χ3v) is 3.94. The monoisotopic (exact) mass is 343 g/mol. The Morgan fingerprint density at radius 1 is 1.09 bits per heavy atom. The van der Waals surface area contributed by atoms with Gasteiger partial charge in [0, 0.05) is 22.2 Å². The molecule has 3 aromatic rings. The smallest absolute Gasteiger partial charge is 0.299 e. The van der Waals surface area contributed by atoms with Gasteiger partial charge in [0.15, 0.2) is 0 Å². The van der Waals surface area contributed by atoms with E-state index in [0.717, 1.165) is 11.3 Å². The Labute approximate surface area is 143 Å². The molecule has 0 saturated heterocycles. The number of hydrogen-bond donors (Lipinski definition) is 1. The van der Waals surface area contributed by atoms with E-state index in [0.29, 0.717) is 33.8 Å². The zero-order valence-corrected chi connectivity index (χ0v) is 13.4. The standard InChI is InChI=1S/C17H11Cl2N3O/c18-15-2-1-3-16(19)14(15)8-13-10-21-17(23-13)22-12-6-4-11(9-20)5-7-12/h1-7,10H,8H2,(H,21,22). The van der Waals surface area contributed by atoms with Crippen molar-refractivity contribution in [2.45, 2.75) is 6.42 Å². The molecule has 2 aromatic carbocycles. The maximum atomic E-state index is 8.78. The summed E-state index contributed by atoms with van der Waals surface area (Å²) in [4.78, 5) is 4.18. The molecule has 0 saturated carbocycles. The lowest BCUT2D eigenvalue weighted by Gasteiger charge is -2.04. The van der Waals surface area contributed by atoms with Gasteiger partial charge in [-0.05, 0) is 42.0 Å². The molecule has 0 amide bonds. The Morgan fingerprint density at radius 3 is 2.43 bits per heavy atom. The van der Waals surface area contributed by atoms with Crippen LogP contribution in [0.1, 0.15) is 16.9 Å². The molecule has 1 heterocycles. The van der Waals surface area contributed by atoms with Crippen molar-refractivity contribution in [3.8, 4) is 6.07 Å². The molecule has 0 bridgehead atoms. The van der Waals surface area contributed by atoms with Crippen LogP contribution in [0.2, 0.25) is 10.0 Å². The molecule has 0 fully saturated rings. The fraction of sp³-hybridized carbons (Fsp3) is 0.0588. The molecule has 0 aliphatic heterocycles. The first-order valence-corrected chi connectivity index (χ1v) is 7.56. The summed E-state index contributed by atoms with van der Waals surface area (Å²) in [6.07, 6.45) is 2.09. The van der Waals surface area contributed by atoms with Crippen LogP contribution in [0.4, 0.5) is 11.7 Å². The van der Waals surface area contributed by atoms with Gasteiger partial charge in [0.05, 0.1) is 17.8 Å². The lowest BCUT2D eigenvalue weighted by molar-refractivity contribution is 0.532. The molecule has 23 heavy (non-hydrogen) atoms. The molecule has 0 unspecified atom stereocenters. The lowest BCUT2D eigenvalue weighted by Crippen LogP contribution is -1.90. The van der Waals surface area contributed by atoms with Gasteiger partial charge >= 0.3 is 0 Å². The topological polar surface area (TPSA) is 61.9 Å². The normalized spacial score (nSPS) is 10.3. The molecule has 114 valence electrons. The van der Waals surface area contributed by atoms with E-state index in [4.69, 9.17) is 32.9 Å². The van der Waals surface area contributed by atoms with E-state index >= 15 is 0 Å². The number of nitriles is 1.